The summed E-state index contributed by atoms with van der Waals surface area (Å²) in [5.74, 6) is 0.849. The van der Waals surface area contributed by atoms with Gasteiger partial charge in [0, 0.05) is 12.0 Å². The average molecular weight is 303 g/mol. The molecule has 1 aliphatic rings. The van der Waals surface area contributed by atoms with Gasteiger partial charge in [0.05, 0.1) is 0 Å². The van der Waals surface area contributed by atoms with Crippen LogP contribution in [0.1, 0.15) is 39.7 Å². The third-order valence-electron chi connectivity index (χ3n) is 3.52. The summed E-state index contributed by atoms with van der Waals surface area (Å²) in [6.45, 7) is 11.8. The van der Waals surface area contributed by atoms with Crippen LogP contribution in [0.15, 0.2) is 36.9 Å². The number of carbonyl (C=O) groups excluding carboxylic acids is 1. The van der Waals surface area contributed by atoms with Crippen LogP contribution in [0.5, 0.6) is 5.75 Å². The Hall–Kier alpha value is -1.97. The Morgan fingerprint density at radius 1 is 1.41 bits per heavy atom. The first-order valence-electron chi connectivity index (χ1n) is 7.58. The van der Waals surface area contributed by atoms with Crippen molar-refractivity contribution >= 4 is 6.09 Å². The van der Waals surface area contributed by atoms with Crippen molar-refractivity contribution in [3.8, 4) is 5.75 Å². The van der Waals surface area contributed by atoms with Crippen molar-refractivity contribution in [1.82, 2.24) is 5.32 Å². The SMILES string of the molecule is C=C[C@@H]1C[C@](C)(Cc2ccc(OC(C)(C)C)cc2)NC(=O)O1. The second-order valence-electron chi connectivity index (χ2n) is 7.10. The Labute approximate surface area is 132 Å². The first-order chi connectivity index (χ1) is 10.2. The number of hydrogen-bond donors (Lipinski definition) is 1. The van der Waals surface area contributed by atoms with Crippen molar-refractivity contribution in [3.05, 3.63) is 42.5 Å². The van der Waals surface area contributed by atoms with E-state index in [1.807, 2.05) is 52.0 Å². The van der Waals surface area contributed by atoms with E-state index in [1.165, 1.54) is 0 Å². The van der Waals surface area contributed by atoms with Crippen LogP contribution in [0.3, 0.4) is 0 Å². The molecule has 2 atom stereocenters. The van der Waals surface area contributed by atoms with Gasteiger partial charge in [-0.05, 0) is 51.8 Å². The van der Waals surface area contributed by atoms with E-state index in [4.69, 9.17) is 9.47 Å². The minimum Gasteiger partial charge on any atom is -0.488 e. The smallest absolute Gasteiger partial charge is 0.408 e. The van der Waals surface area contributed by atoms with Crippen molar-refractivity contribution in [3.63, 3.8) is 0 Å². The van der Waals surface area contributed by atoms with Crippen molar-refractivity contribution in [1.29, 1.82) is 0 Å². The van der Waals surface area contributed by atoms with Gasteiger partial charge in [0.15, 0.2) is 0 Å². The largest absolute Gasteiger partial charge is 0.488 e. The summed E-state index contributed by atoms with van der Waals surface area (Å²) in [6.07, 6.45) is 2.51. The summed E-state index contributed by atoms with van der Waals surface area (Å²) in [6, 6.07) is 8.01. The molecule has 1 amide bonds. The van der Waals surface area contributed by atoms with Gasteiger partial charge in [0.1, 0.15) is 17.5 Å². The number of carbonyl (C=O) groups is 1. The predicted molar refractivity (Wildman–Crippen MR) is 87.2 cm³/mol. The molecule has 120 valence electrons. The zero-order valence-electron chi connectivity index (χ0n) is 13.8. The molecular weight excluding hydrogens is 278 g/mol. The van der Waals surface area contributed by atoms with Crippen LogP contribution in [0.4, 0.5) is 4.79 Å². The molecule has 1 saturated heterocycles. The minimum absolute atomic E-state index is 0.209. The fourth-order valence-corrected chi connectivity index (χ4v) is 2.68. The Morgan fingerprint density at radius 2 is 2.05 bits per heavy atom. The quantitative estimate of drug-likeness (QED) is 0.859. The molecule has 0 unspecified atom stereocenters. The van der Waals surface area contributed by atoms with E-state index >= 15 is 0 Å². The Morgan fingerprint density at radius 3 is 2.59 bits per heavy atom. The van der Waals surface area contributed by atoms with Gasteiger partial charge in [-0.2, -0.15) is 0 Å². The highest BCUT2D eigenvalue weighted by Crippen LogP contribution is 2.26. The molecule has 4 heteroatoms. The van der Waals surface area contributed by atoms with Gasteiger partial charge in [-0.15, -0.1) is 0 Å². The van der Waals surface area contributed by atoms with Gasteiger partial charge in [-0.1, -0.05) is 24.8 Å². The third-order valence-corrected chi connectivity index (χ3v) is 3.52. The molecule has 0 aliphatic carbocycles. The topological polar surface area (TPSA) is 47.6 Å². The number of amides is 1. The normalized spacial score (nSPS) is 25.1. The van der Waals surface area contributed by atoms with Gasteiger partial charge >= 0.3 is 6.09 Å². The van der Waals surface area contributed by atoms with Crippen LogP contribution in [0.2, 0.25) is 0 Å². The Balaban J connectivity index is 2.06. The molecule has 0 aromatic heterocycles. The van der Waals surface area contributed by atoms with Crippen LogP contribution in [0.25, 0.3) is 0 Å². The van der Waals surface area contributed by atoms with E-state index in [2.05, 4.69) is 11.9 Å². The highest BCUT2D eigenvalue weighted by Gasteiger charge is 2.35. The fraction of sp³-hybridized carbons (Fsp3) is 0.500. The zero-order valence-corrected chi connectivity index (χ0v) is 13.8. The maximum absolute atomic E-state index is 11.6. The molecule has 0 bridgehead atoms. The number of nitrogens with one attached hydrogen (secondary N) is 1. The van der Waals surface area contributed by atoms with Gasteiger partial charge in [0.2, 0.25) is 0 Å². The molecule has 1 aromatic carbocycles. The summed E-state index contributed by atoms with van der Waals surface area (Å²) < 4.78 is 11.0. The standard InChI is InChI=1S/C18H25NO3/c1-6-14-12-18(5,19-16(20)21-14)11-13-7-9-15(10-8-13)22-17(2,3)4/h6-10,14H,1,11-12H2,2-5H3,(H,19,20)/t14-,18+/m1/s1. The monoisotopic (exact) mass is 303 g/mol. The fourth-order valence-electron chi connectivity index (χ4n) is 2.68. The van der Waals surface area contributed by atoms with Gasteiger partial charge < -0.3 is 14.8 Å². The van der Waals surface area contributed by atoms with E-state index < -0.39 is 0 Å². The van der Waals surface area contributed by atoms with Crippen LogP contribution < -0.4 is 10.1 Å². The summed E-state index contributed by atoms with van der Waals surface area (Å²) in [5.41, 5.74) is 0.605. The molecule has 22 heavy (non-hydrogen) atoms. The van der Waals surface area contributed by atoms with Crippen LogP contribution in [-0.2, 0) is 11.2 Å². The second-order valence-corrected chi connectivity index (χ2v) is 7.10. The third kappa shape index (κ3) is 4.52. The van der Waals surface area contributed by atoms with Gasteiger partial charge in [-0.3, -0.25) is 0 Å². The molecule has 1 fully saturated rings. The number of alkyl carbamates (subject to hydrolysis) is 1. The van der Waals surface area contributed by atoms with Crippen molar-refractivity contribution in [2.24, 2.45) is 0 Å². The van der Waals surface area contributed by atoms with E-state index in [0.717, 1.165) is 17.7 Å². The summed E-state index contributed by atoms with van der Waals surface area (Å²) in [7, 11) is 0. The molecule has 1 aromatic rings. The lowest BCUT2D eigenvalue weighted by atomic mass is 9.86. The zero-order chi connectivity index (χ0) is 16.4. The number of hydrogen-bond acceptors (Lipinski definition) is 3. The second kappa shape index (κ2) is 6.03. The van der Waals surface area contributed by atoms with Crippen molar-refractivity contribution in [2.45, 2.75) is 57.8 Å². The van der Waals surface area contributed by atoms with E-state index in [0.29, 0.717) is 6.42 Å². The van der Waals surface area contributed by atoms with Crippen LogP contribution in [0, 0.1) is 0 Å². The number of cyclic esters (lactones) is 1. The summed E-state index contributed by atoms with van der Waals surface area (Å²) in [5, 5.41) is 2.92. The maximum Gasteiger partial charge on any atom is 0.408 e. The molecule has 0 radical (unpaired) electrons. The molecule has 1 heterocycles. The number of ether oxygens (including phenoxy) is 2. The maximum atomic E-state index is 11.6. The Bertz CT molecular complexity index is 544. The highest BCUT2D eigenvalue weighted by atomic mass is 16.6. The molecular formula is C18H25NO3. The Kier molecular flexibility index (Phi) is 4.50. The molecule has 2 rings (SSSR count). The van der Waals surface area contributed by atoms with Gasteiger partial charge in [0.25, 0.3) is 0 Å². The van der Waals surface area contributed by atoms with E-state index in [-0.39, 0.29) is 23.3 Å². The first-order valence-corrected chi connectivity index (χ1v) is 7.58. The molecule has 1 aliphatic heterocycles. The van der Waals surface area contributed by atoms with E-state index in [9.17, 15) is 4.79 Å². The molecule has 1 N–H and O–H groups in total. The van der Waals surface area contributed by atoms with E-state index in [1.54, 1.807) is 6.08 Å². The molecule has 0 spiro atoms. The number of benzene rings is 1. The average Bonchev–Trinajstić information content (AvgIpc) is 2.38. The number of rotatable bonds is 4. The van der Waals surface area contributed by atoms with Crippen molar-refractivity contribution < 1.29 is 14.3 Å². The minimum atomic E-state index is -0.383. The summed E-state index contributed by atoms with van der Waals surface area (Å²) >= 11 is 0. The van der Waals surface area contributed by atoms with Crippen molar-refractivity contribution in [2.75, 3.05) is 0 Å². The van der Waals surface area contributed by atoms with Gasteiger partial charge in [-0.25, -0.2) is 4.79 Å². The predicted octanol–water partition coefficient (Wildman–Crippen LogP) is 3.85. The highest BCUT2D eigenvalue weighted by molar-refractivity contribution is 5.69. The first kappa shape index (κ1) is 16.4. The lowest BCUT2D eigenvalue weighted by Crippen LogP contribution is -2.55. The van der Waals surface area contributed by atoms with Crippen LogP contribution in [-0.4, -0.2) is 23.3 Å². The molecule has 0 saturated carbocycles. The lowest BCUT2D eigenvalue weighted by Gasteiger charge is -2.37. The van der Waals surface area contributed by atoms with Crippen LogP contribution >= 0.6 is 0 Å². The molecule has 4 nitrogen and oxygen atoms in total. The lowest BCUT2D eigenvalue weighted by molar-refractivity contribution is 0.0592. The summed E-state index contributed by atoms with van der Waals surface area (Å²) in [4.78, 5) is 11.6.